The van der Waals surface area contributed by atoms with Crippen molar-refractivity contribution in [3.8, 4) is 12.3 Å². The highest BCUT2D eigenvalue weighted by atomic mass is 35.5. The van der Waals surface area contributed by atoms with E-state index in [-0.39, 0.29) is 21.8 Å². The number of rotatable bonds is 8. The van der Waals surface area contributed by atoms with Crippen LogP contribution in [0.4, 0.5) is 5.95 Å². The Morgan fingerprint density at radius 1 is 1.32 bits per heavy atom. The minimum atomic E-state index is -5.74. The fourth-order valence-corrected chi connectivity index (χ4v) is 6.47. The lowest BCUT2D eigenvalue weighted by Gasteiger charge is -2.25. The number of terminal acetylenes is 1. The predicted molar refractivity (Wildman–Crippen MR) is 114 cm³/mol. The molecule has 1 fully saturated rings. The first-order valence-corrected chi connectivity index (χ1v) is 13.8. The Morgan fingerprint density at radius 2 is 1.97 bits per heavy atom. The Bertz CT molecular complexity index is 1360. The number of nitrogens with zero attached hydrogens (tertiary/aromatic N) is 3. The lowest BCUT2D eigenvalue weighted by Crippen LogP contribution is -2.41. The van der Waals surface area contributed by atoms with Crippen molar-refractivity contribution in [2.45, 2.75) is 23.3 Å². The number of aromatic amines is 1. The minimum Gasteiger partial charge on any atom is -0.387 e. The van der Waals surface area contributed by atoms with Gasteiger partial charge in [-0.05, 0) is 0 Å². The molecule has 3 heterocycles. The second-order valence-corrected chi connectivity index (χ2v) is 12.0. The fourth-order valence-electron chi connectivity index (χ4n) is 2.90. The summed E-state index contributed by atoms with van der Waals surface area (Å²) < 4.78 is 52.7. The highest BCUT2D eigenvalue weighted by Crippen LogP contribution is 2.66. The van der Waals surface area contributed by atoms with Gasteiger partial charge >= 0.3 is 23.5 Å². The van der Waals surface area contributed by atoms with Gasteiger partial charge in [0.05, 0.1) is 12.9 Å². The van der Waals surface area contributed by atoms with Crippen LogP contribution in [0.15, 0.2) is 6.33 Å². The molecule has 0 bridgehead atoms. The average molecular weight is 582 g/mol. The van der Waals surface area contributed by atoms with Crippen LogP contribution in [-0.2, 0) is 31.6 Å². The smallest absolute Gasteiger partial charge is 0.387 e. The number of phosphoric ester groups is 1. The van der Waals surface area contributed by atoms with Gasteiger partial charge in [-0.3, -0.25) is 9.09 Å². The Morgan fingerprint density at radius 3 is 2.56 bits per heavy atom. The molecule has 0 amide bonds. The SMILES string of the molecule is C#CC1(Cl)[C@@H](O)[C@@H](COP(=O)(O)OP(=O)(O)OP(=O)(O)O)O[C@H]1n1cnc2c(=S)[nH]c(N)nc21. The van der Waals surface area contributed by atoms with Crippen molar-refractivity contribution >= 4 is 64.4 Å². The van der Waals surface area contributed by atoms with Gasteiger partial charge in [0.1, 0.15) is 22.4 Å². The molecular weight excluding hydrogens is 567 g/mol. The number of aliphatic hydroxyl groups excluding tert-OH is 1. The van der Waals surface area contributed by atoms with Crippen LogP contribution in [0.2, 0.25) is 0 Å². The van der Waals surface area contributed by atoms with Gasteiger partial charge in [0.2, 0.25) is 5.95 Å². The summed E-state index contributed by atoms with van der Waals surface area (Å²) >= 11 is 11.5. The van der Waals surface area contributed by atoms with E-state index in [1.165, 1.54) is 10.9 Å². The van der Waals surface area contributed by atoms with E-state index in [4.69, 9.17) is 50.5 Å². The van der Waals surface area contributed by atoms with Crippen LogP contribution in [-0.4, -0.2) is 67.9 Å². The van der Waals surface area contributed by atoms with Crippen molar-refractivity contribution in [1.82, 2.24) is 19.5 Å². The van der Waals surface area contributed by atoms with E-state index in [9.17, 15) is 28.6 Å². The molecule has 34 heavy (non-hydrogen) atoms. The maximum absolute atomic E-state index is 12.0. The fraction of sp³-hybridized carbons (Fsp3) is 0.417. The molecule has 22 heteroatoms. The van der Waals surface area contributed by atoms with Crippen molar-refractivity contribution in [3.63, 3.8) is 0 Å². The average Bonchev–Trinajstić information content (AvgIpc) is 3.17. The van der Waals surface area contributed by atoms with Gasteiger partial charge in [-0.15, -0.1) is 6.42 Å². The van der Waals surface area contributed by atoms with Crippen LogP contribution in [0.1, 0.15) is 6.23 Å². The molecule has 0 saturated carbocycles. The Balaban J connectivity index is 1.83. The van der Waals surface area contributed by atoms with Crippen LogP contribution in [0.25, 0.3) is 11.2 Å². The van der Waals surface area contributed by atoms with E-state index in [1.54, 1.807) is 0 Å². The van der Waals surface area contributed by atoms with E-state index in [0.29, 0.717) is 0 Å². The molecular formula is C12H15ClN5O12P3S. The first-order valence-electron chi connectivity index (χ1n) is 8.49. The molecule has 3 unspecified atom stereocenters. The number of hydrogen-bond acceptors (Lipinski definition) is 12. The first kappa shape index (κ1) is 27.3. The molecule has 188 valence electrons. The second kappa shape index (κ2) is 9.32. The number of imidazole rings is 1. The zero-order valence-electron chi connectivity index (χ0n) is 16.2. The van der Waals surface area contributed by atoms with Crippen LogP contribution < -0.4 is 5.73 Å². The number of aromatic nitrogens is 4. The first-order chi connectivity index (χ1) is 15.5. The van der Waals surface area contributed by atoms with E-state index >= 15 is 0 Å². The number of nitrogen functional groups attached to an aromatic ring is 1. The standard InChI is InChI=1S/C12H15ClN5O12P3S/c1-2-12(13)7(19)5(3-27-32(23,24)30-33(25,26)29-31(20,21)22)28-10(12)18-4-15-6-8(18)16-11(14)17-9(6)34/h1,4-5,7,10,19H,3H2,(H,23,24)(H,25,26)(H2,20,21,22)(H3,14,16,17,34)/t5-,7+,10-,12?/m1/s1. The number of hydrogen-bond donors (Lipinski definition) is 7. The van der Waals surface area contributed by atoms with Crippen LogP contribution in [0.3, 0.4) is 0 Å². The summed E-state index contributed by atoms with van der Waals surface area (Å²) in [7, 11) is -16.8. The maximum atomic E-state index is 12.0. The van der Waals surface area contributed by atoms with Gasteiger partial charge in [-0.2, -0.15) is 13.6 Å². The lowest BCUT2D eigenvalue weighted by molar-refractivity contribution is -0.0428. The van der Waals surface area contributed by atoms with Crippen molar-refractivity contribution in [1.29, 1.82) is 0 Å². The lowest BCUT2D eigenvalue weighted by atomic mass is 9.99. The summed E-state index contributed by atoms with van der Waals surface area (Å²) in [5.74, 6) is 2.07. The van der Waals surface area contributed by atoms with Crippen molar-refractivity contribution in [2.75, 3.05) is 12.3 Å². The summed E-state index contributed by atoms with van der Waals surface area (Å²) in [6, 6.07) is 0. The number of nitrogens with two attached hydrogens (primary N) is 1. The molecule has 1 aliphatic heterocycles. The normalized spacial score (nSPS) is 28.9. The predicted octanol–water partition coefficient (Wildman–Crippen LogP) is 0.283. The van der Waals surface area contributed by atoms with E-state index < -0.39 is 53.4 Å². The highest BCUT2D eigenvalue weighted by molar-refractivity contribution is 7.71. The van der Waals surface area contributed by atoms with Gasteiger partial charge in [-0.1, -0.05) is 29.7 Å². The number of alkyl halides is 1. The molecule has 3 rings (SSSR count). The van der Waals surface area contributed by atoms with Crippen LogP contribution >= 0.6 is 47.3 Å². The third-order valence-corrected chi connectivity index (χ3v) is 8.81. The zero-order valence-corrected chi connectivity index (χ0v) is 20.5. The molecule has 1 saturated heterocycles. The minimum absolute atomic E-state index is 0.0762. The highest BCUT2D eigenvalue weighted by Gasteiger charge is 2.56. The number of fused-ring (bicyclic) bond motifs is 1. The number of halogens is 1. The number of phosphoric acid groups is 3. The monoisotopic (exact) mass is 581 g/mol. The third-order valence-electron chi connectivity index (χ3n) is 4.19. The van der Waals surface area contributed by atoms with Gasteiger partial charge in [-0.25, -0.2) is 18.7 Å². The zero-order chi connectivity index (χ0) is 25.7. The second-order valence-electron chi connectivity index (χ2n) is 6.55. The van der Waals surface area contributed by atoms with Crippen molar-refractivity contribution < 1.29 is 56.3 Å². The molecule has 2 aromatic heterocycles. The summed E-state index contributed by atoms with van der Waals surface area (Å²) in [5.41, 5.74) is 5.92. The molecule has 6 atom stereocenters. The summed E-state index contributed by atoms with van der Waals surface area (Å²) in [6.45, 7) is -1.00. The van der Waals surface area contributed by atoms with Crippen LogP contribution in [0, 0.1) is 17.0 Å². The van der Waals surface area contributed by atoms with Gasteiger partial charge in [0.25, 0.3) is 0 Å². The summed E-state index contributed by atoms with van der Waals surface area (Å²) in [5, 5.41) is 10.6. The van der Waals surface area contributed by atoms with E-state index in [1.807, 2.05) is 0 Å². The van der Waals surface area contributed by atoms with E-state index in [2.05, 4.69) is 34.0 Å². The number of H-pyrrole nitrogens is 1. The van der Waals surface area contributed by atoms with Gasteiger partial charge in [0, 0.05) is 0 Å². The molecule has 0 aliphatic carbocycles. The van der Waals surface area contributed by atoms with Crippen molar-refractivity contribution in [2.24, 2.45) is 0 Å². The molecule has 0 aromatic carbocycles. The largest absolute Gasteiger partial charge is 0.490 e. The summed E-state index contributed by atoms with van der Waals surface area (Å²) in [6.07, 6.45) is 2.00. The maximum Gasteiger partial charge on any atom is 0.490 e. The Kier molecular flexibility index (Phi) is 7.50. The quantitative estimate of drug-likeness (QED) is 0.0955. The Hall–Kier alpha value is -1.25. The molecule has 8 N–H and O–H groups in total. The van der Waals surface area contributed by atoms with Gasteiger partial charge < -0.3 is 40.1 Å². The Labute approximate surface area is 199 Å². The molecule has 0 spiro atoms. The van der Waals surface area contributed by atoms with Gasteiger partial charge in [0.15, 0.2) is 16.7 Å². The number of anilines is 1. The third kappa shape index (κ3) is 5.76. The number of nitrogens with one attached hydrogen (secondary N) is 1. The summed E-state index contributed by atoms with van der Waals surface area (Å²) in [4.78, 5) is 44.6. The molecule has 17 nitrogen and oxygen atoms in total. The molecule has 0 radical (unpaired) electrons. The van der Waals surface area contributed by atoms with Crippen molar-refractivity contribution in [3.05, 3.63) is 11.0 Å². The number of ether oxygens (including phenoxy) is 1. The molecule has 2 aromatic rings. The topological polar surface area (TPSA) is 262 Å². The van der Waals surface area contributed by atoms with Crippen LogP contribution in [0.5, 0.6) is 0 Å². The van der Waals surface area contributed by atoms with E-state index in [0.717, 1.165) is 0 Å². The molecule has 1 aliphatic rings. The number of aliphatic hydroxyl groups is 1.